The van der Waals surface area contributed by atoms with Crippen LogP contribution in [0.3, 0.4) is 0 Å². The van der Waals surface area contributed by atoms with Gasteiger partial charge in [-0.15, -0.1) is 10.2 Å². The van der Waals surface area contributed by atoms with E-state index in [0.717, 1.165) is 32.8 Å². The maximum Gasteiger partial charge on any atom is 0.212 e. The molecule has 3 rings (SSSR count). The van der Waals surface area contributed by atoms with Gasteiger partial charge in [-0.25, -0.2) is 0 Å². The third-order valence-electron chi connectivity index (χ3n) is 3.21. The van der Waals surface area contributed by atoms with E-state index in [2.05, 4.69) is 15.3 Å². The molecule has 0 N–H and O–H groups in total. The van der Waals surface area contributed by atoms with E-state index in [1.54, 1.807) is 36.1 Å². The number of hydrogen-bond donors (Lipinski definition) is 0. The molecule has 2 aromatic carbocycles. The quantitative estimate of drug-likeness (QED) is 0.491. The molecule has 0 saturated carbocycles. The highest BCUT2D eigenvalue weighted by atomic mass is 35.5. The van der Waals surface area contributed by atoms with Gasteiger partial charge in [-0.05, 0) is 35.4 Å². The first kappa shape index (κ1) is 16.5. The van der Waals surface area contributed by atoms with Gasteiger partial charge in [0.25, 0.3) is 0 Å². The Labute approximate surface area is 149 Å². The van der Waals surface area contributed by atoms with Crippen LogP contribution in [-0.2, 0) is 5.75 Å². The largest absolute Gasteiger partial charge is 0.497 e. The van der Waals surface area contributed by atoms with E-state index in [0.29, 0.717) is 0 Å². The van der Waals surface area contributed by atoms with E-state index in [9.17, 15) is 0 Å². The summed E-state index contributed by atoms with van der Waals surface area (Å²) in [5.41, 5.74) is 2.10. The lowest BCUT2D eigenvalue weighted by Gasteiger charge is -2.02. The predicted octanol–water partition coefficient (Wildman–Crippen LogP) is 4.11. The van der Waals surface area contributed by atoms with Crippen LogP contribution in [0.1, 0.15) is 11.1 Å². The monoisotopic (exact) mass is 358 g/mol. The third-order valence-corrected chi connectivity index (χ3v) is 4.46. The van der Waals surface area contributed by atoms with Crippen molar-refractivity contribution in [3.63, 3.8) is 0 Å². The minimum atomic E-state index is 0.726. The molecule has 0 aliphatic carbocycles. The molecule has 0 bridgehead atoms. The summed E-state index contributed by atoms with van der Waals surface area (Å²) in [7, 11) is 1.64. The molecule has 0 fully saturated rings. The van der Waals surface area contributed by atoms with Gasteiger partial charge in [0.15, 0.2) is 0 Å². The molecule has 3 aromatic rings. The second-order valence-corrected chi connectivity index (χ2v) is 6.27. The molecular weight excluding hydrogens is 344 g/mol. The summed E-state index contributed by atoms with van der Waals surface area (Å²) in [6, 6.07) is 15.4. The van der Waals surface area contributed by atoms with Gasteiger partial charge in [-0.2, -0.15) is 9.78 Å². The summed E-state index contributed by atoms with van der Waals surface area (Å²) in [5.74, 6) is 1.56. The number of rotatable bonds is 6. The minimum absolute atomic E-state index is 0.726. The van der Waals surface area contributed by atoms with E-state index in [-0.39, 0.29) is 0 Å². The molecule has 7 heteroatoms. The SMILES string of the molecule is COc1cccc(/C=N\n2cnnc2SCc2ccc(Cl)cc2)c1. The van der Waals surface area contributed by atoms with Gasteiger partial charge in [0.1, 0.15) is 12.1 Å². The van der Waals surface area contributed by atoms with E-state index in [4.69, 9.17) is 16.3 Å². The van der Waals surface area contributed by atoms with Crippen molar-refractivity contribution < 1.29 is 4.74 Å². The molecule has 0 spiro atoms. The molecule has 24 heavy (non-hydrogen) atoms. The summed E-state index contributed by atoms with van der Waals surface area (Å²) in [6.07, 6.45) is 3.33. The van der Waals surface area contributed by atoms with Gasteiger partial charge >= 0.3 is 0 Å². The van der Waals surface area contributed by atoms with Gasteiger partial charge < -0.3 is 4.74 Å². The summed E-state index contributed by atoms with van der Waals surface area (Å²) in [4.78, 5) is 0. The van der Waals surface area contributed by atoms with Crippen molar-refractivity contribution >= 4 is 29.6 Å². The minimum Gasteiger partial charge on any atom is -0.497 e. The molecule has 5 nitrogen and oxygen atoms in total. The average molecular weight is 359 g/mol. The van der Waals surface area contributed by atoms with Crippen LogP contribution in [0.2, 0.25) is 5.02 Å². The zero-order valence-corrected chi connectivity index (χ0v) is 14.5. The Bertz CT molecular complexity index is 833. The third kappa shape index (κ3) is 4.37. The van der Waals surface area contributed by atoms with Crippen LogP contribution in [0.15, 0.2) is 65.1 Å². The van der Waals surface area contributed by atoms with Gasteiger partial charge in [0.2, 0.25) is 5.16 Å². The van der Waals surface area contributed by atoms with Crippen LogP contribution in [0.4, 0.5) is 0 Å². The van der Waals surface area contributed by atoms with Crippen molar-refractivity contribution in [1.29, 1.82) is 0 Å². The zero-order chi connectivity index (χ0) is 16.8. The Hall–Kier alpha value is -2.31. The fourth-order valence-corrected chi connectivity index (χ4v) is 2.92. The Morgan fingerprint density at radius 2 is 2.08 bits per heavy atom. The molecule has 0 atom stereocenters. The number of nitrogens with zero attached hydrogens (tertiary/aromatic N) is 4. The summed E-state index contributed by atoms with van der Waals surface area (Å²) in [5, 5.41) is 13.9. The number of methoxy groups -OCH3 is 1. The summed E-state index contributed by atoms with van der Waals surface area (Å²) >= 11 is 7.46. The van der Waals surface area contributed by atoms with Gasteiger partial charge in [-0.3, -0.25) is 0 Å². The van der Waals surface area contributed by atoms with Crippen LogP contribution >= 0.6 is 23.4 Å². The van der Waals surface area contributed by atoms with E-state index >= 15 is 0 Å². The number of ether oxygens (including phenoxy) is 1. The first-order valence-corrected chi connectivity index (χ1v) is 8.56. The standard InChI is InChI=1S/C17H15ClN4OS/c1-23-16-4-2-3-14(9-16)10-20-22-12-19-21-17(22)24-11-13-5-7-15(18)8-6-13/h2-10,12H,11H2,1H3/b20-10-. The molecule has 0 amide bonds. The van der Waals surface area contributed by atoms with Crippen molar-refractivity contribution in [2.24, 2.45) is 5.10 Å². The zero-order valence-electron chi connectivity index (χ0n) is 13.0. The summed E-state index contributed by atoms with van der Waals surface area (Å²) < 4.78 is 6.86. The van der Waals surface area contributed by atoms with Gasteiger partial charge in [0.05, 0.1) is 13.3 Å². The second kappa shape index (κ2) is 7.99. The van der Waals surface area contributed by atoms with Crippen molar-refractivity contribution in [3.8, 4) is 5.75 Å². The normalized spacial score (nSPS) is 11.1. The molecular formula is C17H15ClN4OS. The lowest BCUT2D eigenvalue weighted by atomic mass is 10.2. The topological polar surface area (TPSA) is 52.3 Å². The van der Waals surface area contributed by atoms with Crippen molar-refractivity contribution in [1.82, 2.24) is 14.9 Å². The fraction of sp³-hybridized carbons (Fsp3) is 0.118. The summed E-state index contributed by atoms with van der Waals surface area (Å²) in [6.45, 7) is 0. The second-order valence-electron chi connectivity index (χ2n) is 4.89. The Kier molecular flexibility index (Phi) is 5.51. The Balaban J connectivity index is 1.68. The van der Waals surface area contributed by atoms with Crippen molar-refractivity contribution in [2.75, 3.05) is 7.11 Å². The number of halogens is 1. The molecule has 1 heterocycles. The Morgan fingerprint density at radius 1 is 1.25 bits per heavy atom. The highest BCUT2D eigenvalue weighted by molar-refractivity contribution is 7.98. The smallest absolute Gasteiger partial charge is 0.212 e. The van der Waals surface area contributed by atoms with E-state index in [1.807, 2.05) is 48.5 Å². The van der Waals surface area contributed by atoms with Crippen LogP contribution in [-0.4, -0.2) is 28.2 Å². The molecule has 0 aliphatic rings. The lowest BCUT2D eigenvalue weighted by molar-refractivity contribution is 0.414. The average Bonchev–Trinajstić information content (AvgIpc) is 3.07. The first-order valence-electron chi connectivity index (χ1n) is 7.20. The molecule has 0 aliphatic heterocycles. The number of benzene rings is 2. The maximum absolute atomic E-state index is 5.90. The van der Waals surface area contributed by atoms with Crippen LogP contribution < -0.4 is 4.74 Å². The Morgan fingerprint density at radius 3 is 2.88 bits per heavy atom. The number of hydrogen-bond acceptors (Lipinski definition) is 5. The molecule has 0 unspecified atom stereocenters. The van der Waals surface area contributed by atoms with E-state index in [1.165, 1.54) is 0 Å². The maximum atomic E-state index is 5.90. The van der Waals surface area contributed by atoms with Crippen molar-refractivity contribution in [2.45, 2.75) is 10.9 Å². The van der Waals surface area contributed by atoms with Gasteiger partial charge in [-0.1, -0.05) is 47.6 Å². The fourth-order valence-electron chi connectivity index (χ4n) is 1.97. The first-order chi connectivity index (χ1) is 11.7. The molecule has 0 saturated heterocycles. The van der Waals surface area contributed by atoms with E-state index < -0.39 is 0 Å². The van der Waals surface area contributed by atoms with Crippen molar-refractivity contribution in [3.05, 3.63) is 71.0 Å². The van der Waals surface area contributed by atoms with Gasteiger partial charge in [0, 0.05) is 10.8 Å². The molecule has 1 aromatic heterocycles. The predicted molar refractivity (Wildman–Crippen MR) is 97.0 cm³/mol. The van der Waals surface area contributed by atoms with Crippen LogP contribution in [0, 0.1) is 0 Å². The lowest BCUT2D eigenvalue weighted by Crippen LogP contribution is -1.93. The number of aromatic nitrogens is 3. The van der Waals surface area contributed by atoms with Crippen LogP contribution in [0.25, 0.3) is 0 Å². The van der Waals surface area contributed by atoms with Crippen LogP contribution in [0.5, 0.6) is 5.75 Å². The molecule has 0 radical (unpaired) electrons. The highest BCUT2D eigenvalue weighted by Gasteiger charge is 2.04. The highest BCUT2D eigenvalue weighted by Crippen LogP contribution is 2.21. The number of thioether (sulfide) groups is 1. The molecule has 122 valence electrons.